The van der Waals surface area contributed by atoms with Crippen LogP contribution in [-0.4, -0.2) is 0 Å². The van der Waals surface area contributed by atoms with Crippen LogP contribution in [0.2, 0.25) is 0 Å². The molecule has 0 saturated carbocycles. The maximum absolute atomic E-state index is 13.6. The third kappa shape index (κ3) is 3.34. The lowest BCUT2D eigenvalue weighted by atomic mass is 9.74. The fraction of sp³-hybridized carbons (Fsp3) is 0.417. The molecule has 0 heterocycles. The van der Waals surface area contributed by atoms with Crippen molar-refractivity contribution in [3.63, 3.8) is 0 Å². The molecule has 0 aliphatic heterocycles. The average molecular weight is 352 g/mol. The Labute approximate surface area is 154 Å². The van der Waals surface area contributed by atoms with E-state index in [4.69, 9.17) is 0 Å². The van der Waals surface area contributed by atoms with E-state index in [2.05, 4.69) is 31.2 Å². The molecule has 2 heteroatoms. The smallest absolute Gasteiger partial charge is 0.159 e. The first kappa shape index (κ1) is 17.5. The Bertz CT molecular complexity index is 834. The third-order valence-corrected chi connectivity index (χ3v) is 6.14. The van der Waals surface area contributed by atoms with Gasteiger partial charge in [-0.05, 0) is 96.7 Å². The van der Waals surface area contributed by atoms with Gasteiger partial charge in [-0.15, -0.1) is 0 Å². The number of hydrogen-bond donors (Lipinski definition) is 0. The molecule has 2 aliphatic carbocycles. The molecule has 0 nitrogen and oxygen atoms in total. The lowest BCUT2D eigenvalue weighted by molar-refractivity contribution is 0.500. The molecule has 2 aromatic rings. The highest BCUT2D eigenvalue weighted by molar-refractivity contribution is 5.45. The molecular weight excluding hydrogens is 326 g/mol. The van der Waals surface area contributed by atoms with Gasteiger partial charge in [-0.2, -0.15) is 0 Å². The molecule has 0 fully saturated rings. The first-order chi connectivity index (χ1) is 12.7. The predicted molar refractivity (Wildman–Crippen MR) is 103 cm³/mol. The quantitative estimate of drug-likeness (QED) is 0.568. The van der Waals surface area contributed by atoms with Crippen LogP contribution >= 0.6 is 0 Å². The number of allylic oxidation sites excluding steroid dienone is 2. The highest BCUT2D eigenvalue weighted by atomic mass is 19.2. The summed E-state index contributed by atoms with van der Waals surface area (Å²) in [5.74, 6) is -0.519. The molecule has 0 N–H and O–H groups in total. The molecule has 2 aromatic carbocycles. The second kappa shape index (κ2) is 7.34. The summed E-state index contributed by atoms with van der Waals surface area (Å²) in [6, 6.07) is 8.99. The number of rotatable bonds is 3. The fourth-order valence-electron chi connectivity index (χ4n) is 4.74. The Morgan fingerprint density at radius 1 is 0.923 bits per heavy atom. The summed E-state index contributed by atoms with van der Waals surface area (Å²) in [6.45, 7) is 2.19. The van der Waals surface area contributed by atoms with Crippen molar-refractivity contribution >= 4 is 0 Å². The summed E-state index contributed by atoms with van der Waals surface area (Å²) in [5.41, 5.74) is 6.97. The van der Waals surface area contributed by atoms with Crippen molar-refractivity contribution < 1.29 is 8.78 Å². The van der Waals surface area contributed by atoms with Gasteiger partial charge >= 0.3 is 0 Å². The van der Waals surface area contributed by atoms with Crippen LogP contribution in [0, 0.1) is 17.6 Å². The average Bonchev–Trinajstić information content (AvgIpc) is 2.67. The van der Waals surface area contributed by atoms with Gasteiger partial charge < -0.3 is 0 Å². The summed E-state index contributed by atoms with van der Waals surface area (Å²) >= 11 is 0. The van der Waals surface area contributed by atoms with E-state index >= 15 is 0 Å². The minimum atomic E-state index is -0.759. The summed E-state index contributed by atoms with van der Waals surface area (Å²) in [5, 5.41) is 0. The number of benzene rings is 2. The summed E-state index contributed by atoms with van der Waals surface area (Å²) in [4.78, 5) is 0. The van der Waals surface area contributed by atoms with Crippen molar-refractivity contribution in [1.82, 2.24) is 0 Å². The van der Waals surface area contributed by atoms with Crippen LogP contribution in [0.1, 0.15) is 59.9 Å². The second-order valence-corrected chi connectivity index (χ2v) is 7.79. The van der Waals surface area contributed by atoms with Crippen molar-refractivity contribution in [2.24, 2.45) is 5.92 Å². The Kier molecular flexibility index (Phi) is 4.93. The van der Waals surface area contributed by atoms with Crippen LogP contribution in [0.15, 0.2) is 42.5 Å². The normalized spacial score (nSPS) is 22.3. The first-order valence-electron chi connectivity index (χ1n) is 9.89. The molecular formula is C24H26F2. The Morgan fingerprint density at radius 2 is 1.65 bits per heavy atom. The first-order valence-corrected chi connectivity index (χ1v) is 9.89. The summed E-state index contributed by atoms with van der Waals surface area (Å²) in [7, 11) is 0. The zero-order valence-corrected chi connectivity index (χ0v) is 15.4. The number of halogens is 2. The Morgan fingerprint density at radius 3 is 2.38 bits per heavy atom. The second-order valence-electron chi connectivity index (χ2n) is 7.79. The van der Waals surface area contributed by atoms with E-state index in [9.17, 15) is 8.78 Å². The van der Waals surface area contributed by atoms with Crippen LogP contribution in [-0.2, 0) is 25.7 Å². The lowest BCUT2D eigenvalue weighted by Crippen LogP contribution is -2.20. The van der Waals surface area contributed by atoms with Gasteiger partial charge in [0.15, 0.2) is 11.6 Å². The topological polar surface area (TPSA) is 0 Å². The Balaban J connectivity index is 1.56. The summed E-state index contributed by atoms with van der Waals surface area (Å²) in [6.07, 6.45) is 12.4. The lowest BCUT2D eigenvalue weighted by Gasteiger charge is -2.31. The largest absolute Gasteiger partial charge is 0.204 e. The molecule has 0 unspecified atom stereocenters. The monoisotopic (exact) mass is 352 g/mol. The standard InChI is InChI=1S/C24H26F2/c1-2-3-4-16-5-10-21-19(13-16)6-7-20-14-17(8-11-22(20)21)18-9-12-23(25)24(26)15-18/h3-4,6-7,9,12,15-17H,2,5,8,10-11,13-14H2,1H3/b4-3+/t16-,17-/m0/s1. The molecule has 0 amide bonds. The highest BCUT2D eigenvalue weighted by Crippen LogP contribution is 2.38. The van der Waals surface area contributed by atoms with Crippen molar-refractivity contribution in [3.05, 3.63) is 81.9 Å². The van der Waals surface area contributed by atoms with Crippen LogP contribution in [0.4, 0.5) is 8.78 Å². The molecule has 26 heavy (non-hydrogen) atoms. The molecule has 0 radical (unpaired) electrons. The van der Waals surface area contributed by atoms with Crippen LogP contribution in [0.3, 0.4) is 0 Å². The van der Waals surface area contributed by atoms with Gasteiger partial charge in [0.2, 0.25) is 0 Å². The summed E-state index contributed by atoms with van der Waals surface area (Å²) < 4.78 is 26.8. The van der Waals surface area contributed by atoms with Crippen LogP contribution in [0.5, 0.6) is 0 Å². The van der Waals surface area contributed by atoms with Gasteiger partial charge in [0.05, 0.1) is 0 Å². The zero-order valence-electron chi connectivity index (χ0n) is 15.4. The molecule has 4 rings (SSSR count). The zero-order chi connectivity index (χ0) is 18.1. The number of hydrogen-bond acceptors (Lipinski definition) is 0. The van der Waals surface area contributed by atoms with Gasteiger partial charge in [-0.3, -0.25) is 0 Å². The molecule has 2 atom stereocenters. The molecule has 0 bridgehead atoms. The third-order valence-electron chi connectivity index (χ3n) is 6.14. The predicted octanol–water partition coefficient (Wildman–Crippen LogP) is 6.31. The van der Waals surface area contributed by atoms with E-state index in [0.717, 1.165) is 37.7 Å². The van der Waals surface area contributed by atoms with E-state index in [1.165, 1.54) is 36.1 Å². The highest BCUT2D eigenvalue weighted by Gasteiger charge is 2.26. The van der Waals surface area contributed by atoms with Gasteiger partial charge in [0, 0.05) is 0 Å². The van der Waals surface area contributed by atoms with Gasteiger partial charge in [-0.1, -0.05) is 37.3 Å². The van der Waals surface area contributed by atoms with E-state index in [1.807, 2.05) is 0 Å². The molecule has 0 saturated heterocycles. The van der Waals surface area contributed by atoms with E-state index in [1.54, 1.807) is 17.2 Å². The minimum absolute atomic E-state index is 0.291. The Hall–Kier alpha value is -1.96. The maximum atomic E-state index is 13.6. The fourth-order valence-corrected chi connectivity index (χ4v) is 4.74. The van der Waals surface area contributed by atoms with Crippen molar-refractivity contribution in [3.8, 4) is 0 Å². The van der Waals surface area contributed by atoms with Crippen LogP contribution < -0.4 is 0 Å². The van der Waals surface area contributed by atoms with Crippen LogP contribution in [0.25, 0.3) is 0 Å². The minimum Gasteiger partial charge on any atom is -0.204 e. The SMILES string of the molecule is CC/C=C/[C@H]1CCc2c(ccc3c2CC[C@H](c2ccc(F)c(F)c2)C3)C1. The van der Waals surface area contributed by atoms with Gasteiger partial charge in [-0.25, -0.2) is 8.78 Å². The van der Waals surface area contributed by atoms with Crippen molar-refractivity contribution in [2.45, 2.75) is 57.8 Å². The van der Waals surface area contributed by atoms with Gasteiger partial charge in [0.25, 0.3) is 0 Å². The van der Waals surface area contributed by atoms with Crippen molar-refractivity contribution in [2.75, 3.05) is 0 Å². The van der Waals surface area contributed by atoms with E-state index in [-0.39, 0.29) is 0 Å². The molecule has 136 valence electrons. The van der Waals surface area contributed by atoms with Gasteiger partial charge in [0.1, 0.15) is 0 Å². The molecule has 2 aliphatic rings. The maximum Gasteiger partial charge on any atom is 0.159 e. The van der Waals surface area contributed by atoms with Crippen molar-refractivity contribution in [1.29, 1.82) is 0 Å². The molecule has 0 aromatic heterocycles. The molecule has 0 spiro atoms. The van der Waals surface area contributed by atoms with E-state index in [0.29, 0.717) is 11.8 Å². The number of fused-ring (bicyclic) bond motifs is 3. The van der Waals surface area contributed by atoms with E-state index < -0.39 is 11.6 Å².